The third-order valence-electron chi connectivity index (χ3n) is 3.48. The predicted octanol–water partition coefficient (Wildman–Crippen LogP) is 2.84. The van der Waals surface area contributed by atoms with Crippen LogP contribution in [0.25, 0.3) is 0 Å². The molecular weight excluding hydrogens is 308 g/mol. The summed E-state index contributed by atoms with van der Waals surface area (Å²) in [5.41, 5.74) is 1.20. The first-order chi connectivity index (χ1) is 11.1. The van der Waals surface area contributed by atoms with Gasteiger partial charge in [-0.25, -0.2) is 0 Å². The maximum atomic E-state index is 12.1. The molecule has 1 aromatic carbocycles. The van der Waals surface area contributed by atoms with Crippen molar-refractivity contribution in [3.8, 4) is 0 Å². The minimum atomic E-state index is -0.142. The Morgan fingerprint density at radius 3 is 2.65 bits per heavy atom. The second kappa shape index (κ2) is 8.58. The summed E-state index contributed by atoms with van der Waals surface area (Å²) in [5, 5.41) is 2.79. The van der Waals surface area contributed by atoms with Crippen molar-refractivity contribution in [1.82, 2.24) is 9.88 Å². The Balaban J connectivity index is 1.73. The van der Waals surface area contributed by atoms with Crippen LogP contribution in [0.15, 0.2) is 58.4 Å². The van der Waals surface area contributed by atoms with Crippen LogP contribution >= 0.6 is 11.8 Å². The van der Waals surface area contributed by atoms with Crippen LogP contribution in [0.4, 0.5) is 0 Å². The van der Waals surface area contributed by atoms with Crippen LogP contribution in [-0.2, 0) is 11.3 Å². The van der Waals surface area contributed by atoms with Crippen molar-refractivity contribution >= 4 is 17.7 Å². The molecule has 0 radical (unpaired) electrons. The van der Waals surface area contributed by atoms with Crippen LogP contribution in [0.2, 0.25) is 0 Å². The van der Waals surface area contributed by atoms with Gasteiger partial charge in [-0.05, 0) is 38.5 Å². The molecule has 0 aliphatic rings. The first kappa shape index (κ1) is 17.3. The van der Waals surface area contributed by atoms with Gasteiger partial charge in [-0.15, -0.1) is 11.8 Å². The molecule has 122 valence electrons. The van der Waals surface area contributed by atoms with Gasteiger partial charge in [0.1, 0.15) is 0 Å². The highest BCUT2D eigenvalue weighted by Crippen LogP contribution is 2.23. The number of thioether (sulfide) groups is 1. The van der Waals surface area contributed by atoms with E-state index < -0.39 is 0 Å². The van der Waals surface area contributed by atoms with E-state index >= 15 is 0 Å². The summed E-state index contributed by atoms with van der Waals surface area (Å²) in [5.74, 6) is 0.0241. The molecule has 1 aromatic heterocycles. The number of benzene rings is 1. The topological polar surface area (TPSA) is 51.1 Å². The van der Waals surface area contributed by atoms with Crippen molar-refractivity contribution in [2.24, 2.45) is 0 Å². The van der Waals surface area contributed by atoms with Crippen molar-refractivity contribution in [2.75, 3.05) is 6.54 Å². The molecule has 0 saturated carbocycles. The fraction of sp³-hybridized carbons (Fsp3) is 0.333. The first-order valence-corrected chi connectivity index (χ1v) is 8.61. The van der Waals surface area contributed by atoms with Gasteiger partial charge in [0.2, 0.25) is 11.5 Å². The molecule has 0 saturated heterocycles. The summed E-state index contributed by atoms with van der Waals surface area (Å²) in [6, 6.07) is 13.3. The van der Waals surface area contributed by atoms with E-state index in [1.54, 1.807) is 34.7 Å². The highest BCUT2D eigenvalue weighted by molar-refractivity contribution is 8.00. The molecule has 4 nitrogen and oxygen atoms in total. The molecule has 1 unspecified atom stereocenters. The maximum absolute atomic E-state index is 12.1. The summed E-state index contributed by atoms with van der Waals surface area (Å²) in [4.78, 5) is 24.7. The lowest BCUT2D eigenvalue weighted by Gasteiger charge is -2.12. The molecule has 0 fully saturated rings. The highest BCUT2D eigenvalue weighted by Gasteiger charge is 2.13. The molecule has 1 atom stereocenters. The number of nitrogens with one attached hydrogen (secondary N) is 1. The molecule has 0 aliphatic heterocycles. The number of carbonyl (C=O) groups excluding carboxylic acids is 1. The second-order valence-corrected chi connectivity index (χ2v) is 6.86. The lowest BCUT2D eigenvalue weighted by Crippen LogP contribution is -2.32. The van der Waals surface area contributed by atoms with Gasteiger partial charge in [-0.2, -0.15) is 0 Å². The van der Waals surface area contributed by atoms with Gasteiger partial charge in [0.05, 0.1) is 5.25 Å². The SMILES string of the molecule is Cc1ccc(SC(C)C(=O)NCCCn2ccccc2=O)cc1. The maximum Gasteiger partial charge on any atom is 0.250 e. The van der Waals surface area contributed by atoms with Crippen molar-refractivity contribution in [1.29, 1.82) is 0 Å². The Kier molecular flexibility index (Phi) is 6.47. The lowest BCUT2D eigenvalue weighted by atomic mass is 10.2. The van der Waals surface area contributed by atoms with E-state index in [1.807, 2.05) is 44.2 Å². The molecule has 0 bridgehead atoms. The van der Waals surface area contributed by atoms with E-state index in [4.69, 9.17) is 0 Å². The smallest absolute Gasteiger partial charge is 0.250 e. The predicted molar refractivity (Wildman–Crippen MR) is 94.8 cm³/mol. The van der Waals surface area contributed by atoms with Gasteiger partial charge in [-0.3, -0.25) is 9.59 Å². The third-order valence-corrected chi connectivity index (χ3v) is 4.59. The third kappa shape index (κ3) is 5.60. The molecule has 5 heteroatoms. The second-order valence-electron chi connectivity index (χ2n) is 5.45. The Bertz CT molecular complexity index is 695. The Labute approximate surface area is 140 Å². The fourth-order valence-electron chi connectivity index (χ4n) is 2.12. The zero-order chi connectivity index (χ0) is 16.7. The van der Waals surface area contributed by atoms with Gasteiger partial charge in [0.15, 0.2) is 0 Å². The van der Waals surface area contributed by atoms with Gasteiger partial charge < -0.3 is 9.88 Å². The van der Waals surface area contributed by atoms with Crippen LogP contribution in [0.1, 0.15) is 18.9 Å². The number of hydrogen-bond donors (Lipinski definition) is 1. The lowest BCUT2D eigenvalue weighted by molar-refractivity contribution is -0.120. The Morgan fingerprint density at radius 1 is 1.22 bits per heavy atom. The zero-order valence-electron chi connectivity index (χ0n) is 13.5. The first-order valence-electron chi connectivity index (χ1n) is 7.73. The van der Waals surface area contributed by atoms with E-state index in [1.165, 1.54) is 5.56 Å². The molecule has 0 aliphatic carbocycles. The quantitative estimate of drug-likeness (QED) is 0.627. The highest BCUT2D eigenvalue weighted by atomic mass is 32.2. The molecule has 2 aromatic rings. The van der Waals surface area contributed by atoms with Crippen LogP contribution in [0, 0.1) is 6.92 Å². The van der Waals surface area contributed by atoms with Gasteiger partial charge in [-0.1, -0.05) is 23.8 Å². The average molecular weight is 330 g/mol. The monoisotopic (exact) mass is 330 g/mol. The molecular formula is C18H22N2O2S. The zero-order valence-corrected chi connectivity index (χ0v) is 14.3. The van der Waals surface area contributed by atoms with Crippen LogP contribution < -0.4 is 10.9 Å². The van der Waals surface area contributed by atoms with E-state index in [0.717, 1.165) is 11.3 Å². The number of aryl methyl sites for hydroxylation is 2. The van der Waals surface area contributed by atoms with Gasteiger partial charge >= 0.3 is 0 Å². The van der Waals surface area contributed by atoms with E-state index in [0.29, 0.717) is 13.1 Å². The molecule has 1 N–H and O–H groups in total. The van der Waals surface area contributed by atoms with Crippen LogP contribution in [0.3, 0.4) is 0 Å². The van der Waals surface area contributed by atoms with E-state index in [2.05, 4.69) is 5.32 Å². The number of rotatable bonds is 7. The number of aromatic nitrogens is 1. The normalized spacial score (nSPS) is 11.9. The molecule has 2 rings (SSSR count). The van der Waals surface area contributed by atoms with Crippen molar-refractivity contribution in [2.45, 2.75) is 37.0 Å². The average Bonchev–Trinajstić information content (AvgIpc) is 2.55. The van der Waals surface area contributed by atoms with Gasteiger partial charge in [0.25, 0.3) is 0 Å². The summed E-state index contributed by atoms with van der Waals surface area (Å²) < 4.78 is 1.65. The van der Waals surface area contributed by atoms with Gasteiger partial charge in [0, 0.05) is 30.2 Å². The minimum Gasteiger partial charge on any atom is -0.355 e. The van der Waals surface area contributed by atoms with E-state index in [-0.39, 0.29) is 16.7 Å². The van der Waals surface area contributed by atoms with Crippen molar-refractivity contribution in [3.63, 3.8) is 0 Å². The van der Waals surface area contributed by atoms with Crippen LogP contribution in [0.5, 0.6) is 0 Å². The molecule has 1 amide bonds. The summed E-state index contributed by atoms with van der Waals surface area (Å²) in [6.45, 7) is 5.13. The number of amides is 1. The summed E-state index contributed by atoms with van der Waals surface area (Å²) in [7, 11) is 0. The minimum absolute atomic E-state index is 0.0119. The fourth-order valence-corrected chi connectivity index (χ4v) is 3.02. The Morgan fingerprint density at radius 2 is 1.96 bits per heavy atom. The Hall–Kier alpha value is -2.01. The number of hydrogen-bond acceptors (Lipinski definition) is 3. The van der Waals surface area contributed by atoms with E-state index in [9.17, 15) is 9.59 Å². The summed E-state index contributed by atoms with van der Waals surface area (Å²) in [6.07, 6.45) is 2.50. The molecule has 1 heterocycles. The standard InChI is InChI=1S/C18H22N2O2S/c1-14-7-9-16(10-8-14)23-15(2)18(22)19-11-5-13-20-12-4-3-6-17(20)21/h3-4,6-10,12,15H,5,11,13H2,1-2H3,(H,19,22). The number of carbonyl (C=O) groups is 1. The van der Waals surface area contributed by atoms with Crippen molar-refractivity contribution < 1.29 is 4.79 Å². The summed E-state index contributed by atoms with van der Waals surface area (Å²) >= 11 is 1.55. The largest absolute Gasteiger partial charge is 0.355 e. The van der Waals surface area contributed by atoms with Crippen LogP contribution in [-0.4, -0.2) is 22.3 Å². The number of pyridine rings is 1. The molecule has 23 heavy (non-hydrogen) atoms. The molecule has 0 spiro atoms. The number of nitrogens with zero attached hydrogens (tertiary/aromatic N) is 1. The van der Waals surface area contributed by atoms with Crippen molar-refractivity contribution in [3.05, 3.63) is 64.6 Å².